The zero-order valence-electron chi connectivity index (χ0n) is 18.2. The summed E-state index contributed by atoms with van der Waals surface area (Å²) in [6.45, 7) is 4.79. The first-order valence-electron chi connectivity index (χ1n) is 10.1. The summed E-state index contributed by atoms with van der Waals surface area (Å²) in [6, 6.07) is 5.77. The number of anilines is 1. The predicted octanol–water partition coefficient (Wildman–Crippen LogP) is 2.38. The molecule has 1 aromatic carbocycles. The molecule has 0 unspecified atom stereocenters. The molecule has 1 aromatic heterocycles. The highest BCUT2D eigenvalue weighted by Gasteiger charge is 2.28. The summed E-state index contributed by atoms with van der Waals surface area (Å²) >= 11 is 1.43. The first kappa shape index (κ1) is 23.4. The molecule has 2 heterocycles. The number of thiophene rings is 1. The van der Waals surface area contributed by atoms with Crippen molar-refractivity contribution in [2.75, 3.05) is 39.5 Å². The smallest absolute Gasteiger partial charge is 0.256 e. The predicted molar refractivity (Wildman–Crippen MR) is 122 cm³/mol. The topological polar surface area (TPSA) is 98.8 Å². The van der Waals surface area contributed by atoms with Crippen LogP contribution in [-0.4, -0.2) is 63.7 Å². The van der Waals surface area contributed by atoms with Crippen molar-refractivity contribution in [3.05, 3.63) is 45.8 Å². The van der Waals surface area contributed by atoms with Crippen LogP contribution in [0.1, 0.15) is 44.5 Å². The van der Waals surface area contributed by atoms with E-state index >= 15 is 0 Å². The minimum Gasteiger partial charge on any atom is -0.355 e. The van der Waals surface area contributed by atoms with Crippen LogP contribution >= 0.6 is 11.3 Å². The quantitative estimate of drug-likeness (QED) is 0.656. The summed E-state index contributed by atoms with van der Waals surface area (Å²) in [7, 11) is 0.921. The van der Waals surface area contributed by atoms with Crippen LogP contribution in [0.25, 0.3) is 0 Å². The molecule has 2 aromatic rings. The molecule has 1 aliphatic rings. The van der Waals surface area contributed by atoms with Gasteiger partial charge >= 0.3 is 0 Å². The first-order chi connectivity index (χ1) is 14.7. The van der Waals surface area contributed by atoms with Crippen LogP contribution < -0.4 is 10.6 Å². The molecule has 1 aliphatic heterocycles. The Morgan fingerprint density at radius 2 is 1.84 bits per heavy atom. The zero-order valence-corrected chi connectivity index (χ0v) is 19.8. The van der Waals surface area contributed by atoms with Gasteiger partial charge < -0.3 is 10.6 Å². The SMILES string of the molecule is CCCN1CCc2c(sc(NC(=O)c3ccc(S(=O)(=O)N(C)C)cc3)c2C(=O)NC)C1. The number of benzene rings is 1. The molecule has 0 spiro atoms. The fourth-order valence-corrected chi connectivity index (χ4v) is 5.77. The summed E-state index contributed by atoms with van der Waals surface area (Å²) in [4.78, 5) is 29.0. The van der Waals surface area contributed by atoms with Crippen molar-refractivity contribution < 1.29 is 18.0 Å². The van der Waals surface area contributed by atoms with E-state index < -0.39 is 10.0 Å². The summed E-state index contributed by atoms with van der Waals surface area (Å²) < 4.78 is 25.6. The number of amides is 2. The lowest BCUT2D eigenvalue weighted by Crippen LogP contribution is -2.31. The number of nitrogens with zero attached hydrogens (tertiary/aromatic N) is 2. The van der Waals surface area contributed by atoms with Crippen LogP contribution in [-0.2, 0) is 23.0 Å². The first-order valence-corrected chi connectivity index (χ1v) is 12.4. The highest BCUT2D eigenvalue weighted by Crippen LogP contribution is 2.37. The number of fused-ring (bicyclic) bond motifs is 1. The largest absolute Gasteiger partial charge is 0.355 e. The minimum atomic E-state index is -3.57. The molecule has 2 N–H and O–H groups in total. The molecule has 0 radical (unpaired) electrons. The maximum absolute atomic E-state index is 12.8. The third kappa shape index (κ3) is 4.82. The summed E-state index contributed by atoms with van der Waals surface area (Å²) in [5.74, 6) is -0.605. The third-order valence-electron chi connectivity index (χ3n) is 5.25. The minimum absolute atomic E-state index is 0.114. The standard InChI is InChI=1S/C21H28N4O4S2/c1-5-11-25-12-10-16-17(13-25)30-21(18(16)20(27)22-2)23-19(26)14-6-8-15(9-7-14)31(28,29)24(3)4/h6-9H,5,10-13H2,1-4H3,(H,22,27)(H,23,26). The van der Waals surface area contributed by atoms with Crippen LogP contribution in [0.3, 0.4) is 0 Å². The van der Waals surface area contributed by atoms with Crippen molar-refractivity contribution >= 4 is 38.2 Å². The monoisotopic (exact) mass is 464 g/mol. The van der Waals surface area contributed by atoms with Gasteiger partial charge in [0.15, 0.2) is 0 Å². The van der Waals surface area contributed by atoms with E-state index in [9.17, 15) is 18.0 Å². The summed E-state index contributed by atoms with van der Waals surface area (Å²) in [6.07, 6.45) is 1.83. The average molecular weight is 465 g/mol. The molecular formula is C21H28N4O4S2. The maximum atomic E-state index is 12.8. The molecule has 0 saturated heterocycles. The Hall–Kier alpha value is -2.27. The van der Waals surface area contributed by atoms with Crippen molar-refractivity contribution in [3.8, 4) is 0 Å². The molecule has 10 heteroatoms. The summed E-state index contributed by atoms with van der Waals surface area (Å²) in [5, 5.41) is 6.07. The Morgan fingerprint density at radius 1 is 1.16 bits per heavy atom. The van der Waals surface area contributed by atoms with E-state index in [4.69, 9.17) is 0 Å². The molecule has 0 saturated carbocycles. The van der Waals surface area contributed by atoms with E-state index in [1.165, 1.54) is 49.7 Å². The second-order valence-corrected chi connectivity index (χ2v) is 10.8. The van der Waals surface area contributed by atoms with Gasteiger partial charge in [0.1, 0.15) is 5.00 Å². The van der Waals surface area contributed by atoms with Crippen LogP contribution in [0.2, 0.25) is 0 Å². The van der Waals surface area contributed by atoms with Gasteiger partial charge in [0.05, 0.1) is 10.5 Å². The second kappa shape index (κ2) is 9.47. The van der Waals surface area contributed by atoms with Gasteiger partial charge in [0.25, 0.3) is 11.8 Å². The lowest BCUT2D eigenvalue weighted by Gasteiger charge is -2.26. The Labute approximate surface area is 187 Å². The van der Waals surface area contributed by atoms with E-state index in [2.05, 4.69) is 22.5 Å². The molecule has 8 nitrogen and oxygen atoms in total. The van der Waals surface area contributed by atoms with Crippen molar-refractivity contribution in [2.45, 2.75) is 31.2 Å². The van der Waals surface area contributed by atoms with E-state index in [0.29, 0.717) is 16.1 Å². The molecule has 0 aliphatic carbocycles. The van der Waals surface area contributed by atoms with Gasteiger partial charge in [-0.25, -0.2) is 12.7 Å². The Bertz CT molecular complexity index is 1080. The number of sulfonamides is 1. The molecule has 0 bridgehead atoms. The Kier molecular flexibility index (Phi) is 7.15. The number of nitrogens with one attached hydrogen (secondary N) is 2. The van der Waals surface area contributed by atoms with Crippen molar-refractivity contribution in [2.24, 2.45) is 0 Å². The van der Waals surface area contributed by atoms with E-state index in [1.807, 2.05) is 0 Å². The van der Waals surface area contributed by atoms with Crippen molar-refractivity contribution in [1.82, 2.24) is 14.5 Å². The number of hydrogen-bond donors (Lipinski definition) is 2. The van der Waals surface area contributed by atoms with Crippen LogP contribution in [0.4, 0.5) is 5.00 Å². The number of rotatable bonds is 7. The lowest BCUT2D eigenvalue weighted by atomic mass is 10.0. The maximum Gasteiger partial charge on any atom is 0.256 e. The van der Waals surface area contributed by atoms with E-state index in [-0.39, 0.29) is 16.7 Å². The lowest BCUT2D eigenvalue weighted by molar-refractivity contribution is 0.0962. The average Bonchev–Trinajstić information content (AvgIpc) is 3.10. The van der Waals surface area contributed by atoms with Gasteiger partial charge in [-0.15, -0.1) is 11.3 Å². The van der Waals surface area contributed by atoms with Gasteiger partial charge in [0.2, 0.25) is 10.0 Å². The highest BCUT2D eigenvalue weighted by atomic mass is 32.2. The van der Waals surface area contributed by atoms with Crippen molar-refractivity contribution in [3.63, 3.8) is 0 Å². The Balaban J connectivity index is 1.87. The highest BCUT2D eigenvalue weighted by molar-refractivity contribution is 7.89. The zero-order chi connectivity index (χ0) is 22.8. The normalized spacial score (nSPS) is 14.4. The van der Waals surface area contributed by atoms with Crippen LogP contribution in [0.5, 0.6) is 0 Å². The molecular weight excluding hydrogens is 436 g/mol. The van der Waals surface area contributed by atoms with Crippen LogP contribution in [0.15, 0.2) is 29.2 Å². The van der Waals surface area contributed by atoms with Gasteiger partial charge in [-0.3, -0.25) is 14.5 Å². The van der Waals surface area contributed by atoms with Gasteiger partial charge in [-0.05, 0) is 49.2 Å². The van der Waals surface area contributed by atoms with Gasteiger partial charge in [-0.1, -0.05) is 6.92 Å². The third-order valence-corrected chi connectivity index (χ3v) is 8.21. The number of carbonyl (C=O) groups excluding carboxylic acids is 2. The second-order valence-electron chi connectivity index (χ2n) is 7.58. The molecule has 2 amide bonds. The molecule has 168 valence electrons. The molecule has 0 fully saturated rings. The fourth-order valence-electron chi connectivity index (χ4n) is 3.58. The Morgan fingerprint density at radius 3 is 2.42 bits per heavy atom. The van der Waals surface area contributed by atoms with Gasteiger partial charge in [-0.2, -0.15) is 0 Å². The van der Waals surface area contributed by atoms with Crippen molar-refractivity contribution in [1.29, 1.82) is 0 Å². The number of carbonyl (C=O) groups is 2. The molecule has 31 heavy (non-hydrogen) atoms. The van der Waals surface area contributed by atoms with E-state index in [1.54, 1.807) is 7.05 Å². The van der Waals surface area contributed by atoms with Gasteiger partial charge in [0, 0.05) is 44.7 Å². The number of hydrogen-bond acceptors (Lipinski definition) is 6. The molecule has 0 atom stereocenters. The van der Waals surface area contributed by atoms with Crippen LogP contribution in [0, 0.1) is 0 Å². The van der Waals surface area contributed by atoms with E-state index in [0.717, 1.165) is 47.2 Å². The molecule has 3 rings (SSSR count). The fraction of sp³-hybridized carbons (Fsp3) is 0.429. The summed E-state index contributed by atoms with van der Waals surface area (Å²) in [5.41, 5.74) is 1.85.